The number of nitrogens with one attached hydrogen (secondary N) is 2. The highest BCUT2D eigenvalue weighted by atomic mass is 19.4. The van der Waals surface area contributed by atoms with E-state index in [1.807, 2.05) is 0 Å². The summed E-state index contributed by atoms with van der Waals surface area (Å²) in [6.07, 6.45) is -4.45. The van der Waals surface area contributed by atoms with E-state index in [9.17, 15) is 22.8 Å². The van der Waals surface area contributed by atoms with Crippen LogP contribution in [0.15, 0.2) is 47.3 Å². The van der Waals surface area contributed by atoms with Gasteiger partial charge in [-0.15, -0.1) is 0 Å². The molecule has 2 aromatic rings. The minimum absolute atomic E-state index is 0.0557. The number of H-pyrrole nitrogens is 1. The Morgan fingerprint density at radius 1 is 1.12 bits per heavy atom. The number of halogens is 3. The molecule has 0 radical (unpaired) electrons. The van der Waals surface area contributed by atoms with Crippen molar-refractivity contribution in [2.45, 2.75) is 26.1 Å². The van der Waals surface area contributed by atoms with Crippen molar-refractivity contribution in [2.75, 3.05) is 0 Å². The summed E-state index contributed by atoms with van der Waals surface area (Å²) in [7, 11) is 0. The molecule has 24 heavy (non-hydrogen) atoms. The van der Waals surface area contributed by atoms with Crippen LogP contribution in [-0.2, 0) is 6.18 Å². The lowest BCUT2D eigenvalue weighted by atomic mass is 9.94. The molecule has 0 fully saturated rings. The molecule has 1 aromatic carbocycles. The Labute approximate surface area is 136 Å². The zero-order valence-electron chi connectivity index (χ0n) is 13.1. The van der Waals surface area contributed by atoms with Gasteiger partial charge in [-0.2, -0.15) is 13.2 Å². The topological polar surface area (TPSA) is 62.0 Å². The molecule has 0 unspecified atom stereocenters. The van der Waals surface area contributed by atoms with E-state index in [4.69, 9.17) is 0 Å². The molecule has 2 N–H and O–H groups in total. The van der Waals surface area contributed by atoms with E-state index >= 15 is 0 Å². The summed E-state index contributed by atoms with van der Waals surface area (Å²) < 4.78 is 38.6. The predicted octanol–water partition coefficient (Wildman–Crippen LogP) is 3.52. The van der Waals surface area contributed by atoms with Gasteiger partial charge in [0, 0.05) is 6.07 Å². The van der Waals surface area contributed by atoms with Gasteiger partial charge in [0.25, 0.3) is 5.91 Å². The maximum absolute atomic E-state index is 12.9. The number of alkyl halides is 3. The van der Waals surface area contributed by atoms with Crippen molar-refractivity contribution in [3.05, 3.63) is 69.6 Å². The highest BCUT2D eigenvalue weighted by Crippen LogP contribution is 2.32. The van der Waals surface area contributed by atoms with Crippen LogP contribution in [0.4, 0.5) is 13.2 Å². The SMILES string of the molecule is CC(C)[C@@H](NC(=O)c1cccc(=O)[nH]1)c1cccc(C(F)(F)F)c1. The fourth-order valence-electron chi connectivity index (χ4n) is 2.34. The first kappa shape index (κ1) is 17.8. The van der Waals surface area contributed by atoms with Gasteiger partial charge in [-0.3, -0.25) is 9.59 Å². The van der Waals surface area contributed by atoms with E-state index in [2.05, 4.69) is 10.3 Å². The van der Waals surface area contributed by atoms with Crippen LogP contribution in [0.1, 0.15) is 41.5 Å². The number of aromatic amines is 1. The van der Waals surface area contributed by atoms with E-state index < -0.39 is 29.2 Å². The first-order valence-corrected chi connectivity index (χ1v) is 7.36. The van der Waals surface area contributed by atoms with Gasteiger partial charge in [-0.05, 0) is 29.7 Å². The van der Waals surface area contributed by atoms with Gasteiger partial charge in [0.15, 0.2) is 0 Å². The van der Waals surface area contributed by atoms with Crippen LogP contribution in [-0.4, -0.2) is 10.9 Å². The number of carbonyl (C=O) groups excluding carboxylic acids is 1. The Morgan fingerprint density at radius 3 is 2.38 bits per heavy atom. The molecule has 0 saturated carbocycles. The lowest BCUT2D eigenvalue weighted by molar-refractivity contribution is -0.137. The normalized spacial score (nSPS) is 12.9. The van der Waals surface area contributed by atoms with Crippen LogP contribution in [0.5, 0.6) is 0 Å². The molecule has 1 atom stereocenters. The largest absolute Gasteiger partial charge is 0.416 e. The summed E-state index contributed by atoms with van der Waals surface area (Å²) >= 11 is 0. The van der Waals surface area contributed by atoms with E-state index in [1.165, 1.54) is 30.3 Å². The fraction of sp³-hybridized carbons (Fsp3) is 0.294. The second kappa shape index (κ2) is 6.90. The molecule has 0 aliphatic heterocycles. The second-order valence-corrected chi connectivity index (χ2v) is 5.75. The maximum Gasteiger partial charge on any atom is 0.416 e. The number of hydrogen-bond acceptors (Lipinski definition) is 2. The summed E-state index contributed by atoms with van der Waals surface area (Å²) in [5, 5.41) is 2.68. The molecule has 0 aliphatic rings. The summed E-state index contributed by atoms with van der Waals surface area (Å²) in [5.74, 6) is -0.698. The molecule has 128 valence electrons. The molecule has 4 nitrogen and oxygen atoms in total. The summed E-state index contributed by atoms with van der Waals surface area (Å²) in [6.45, 7) is 3.58. The summed E-state index contributed by atoms with van der Waals surface area (Å²) in [6, 6.07) is 8.36. The fourth-order valence-corrected chi connectivity index (χ4v) is 2.34. The van der Waals surface area contributed by atoms with Crippen LogP contribution in [0.25, 0.3) is 0 Å². The highest BCUT2D eigenvalue weighted by Gasteiger charge is 2.31. The number of amides is 1. The van der Waals surface area contributed by atoms with Gasteiger partial charge < -0.3 is 10.3 Å². The van der Waals surface area contributed by atoms with Crippen LogP contribution in [0, 0.1) is 5.92 Å². The Morgan fingerprint density at radius 2 is 1.79 bits per heavy atom. The second-order valence-electron chi connectivity index (χ2n) is 5.75. The van der Waals surface area contributed by atoms with Crippen molar-refractivity contribution in [1.29, 1.82) is 0 Å². The van der Waals surface area contributed by atoms with Crippen molar-refractivity contribution >= 4 is 5.91 Å². The predicted molar refractivity (Wildman–Crippen MR) is 83.6 cm³/mol. The third-order valence-corrected chi connectivity index (χ3v) is 3.54. The third kappa shape index (κ3) is 4.24. The minimum atomic E-state index is -4.45. The molecule has 0 spiro atoms. The average molecular weight is 338 g/mol. The Hall–Kier alpha value is -2.57. The van der Waals surface area contributed by atoms with Crippen molar-refractivity contribution in [3.63, 3.8) is 0 Å². The van der Waals surface area contributed by atoms with Crippen molar-refractivity contribution in [3.8, 4) is 0 Å². The molecular formula is C17H17F3N2O2. The Balaban J connectivity index is 2.30. The quantitative estimate of drug-likeness (QED) is 0.896. The van der Waals surface area contributed by atoms with Gasteiger partial charge in [0.05, 0.1) is 11.6 Å². The van der Waals surface area contributed by atoms with E-state index in [1.54, 1.807) is 13.8 Å². The third-order valence-electron chi connectivity index (χ3n) is 3.54. The number of pyridine rings is 1. The van der Waals surface area contributed by atoms with Gasteiger partial charge in [-0.1, -0.05) is 32.0 Å². The first-order chi connectivity index (χ1) is 11.2. The molecule has 7 heteroatoms. The van der Waals surface area contributed by atoms with Crippen LogP contribution < -0.4 is 10.9 Å². The number of benzene rings is 1. The molecule has 2 rings (SSSR count). The standard InChI is InChI=1S/C17H17F3N2O2/c1-10(2)15(11-5-3-6-12(9-11)17(18,19)20)22-16(24)13-7-4-8-14(23)21-13/h3-10,15H,1-2H3,(H,21,23)(H,22,24)/t15-/m1/s1. The first-order valence-electron chi connectivity index (χ1n) is 7.36. The zero-order valence-corrected chi connectivity index (χ0v) is 13.1. The van der Waals surface area contributed by atoms with Gasteiger partial charge in [0.2, 0.25) is 5.56 Å². The van der Waals surface area contributed by atoms with Crippen molar-refractivity contribution < 1.29 is 18.0 Å². The number of rotatable bonds is 4. The van der Waals surface area contributed by atoms with Crippen LogP contribution in [0.3, 0.4) is 0 Å². The Bertz CT molecular complexity index is 782. The lowest BCUT2D eigenvalue weighted by Crippen LogP contribution is -2.33. The minimum Gasteiger partial charge on any atom is -0.344 e. The van der Waals surface area contributed by atoms with Gasteiger partial charge >= 0.3 is 6.18 Å². The van der Waals surface area contributed by atoms with E-state index in [-0.39, 0.29) is 11.6 Å². The van der Waals surface area contributed by atoms with Gasteiger partial charge in [0.1, 0.15) is 5.69 Å². The van der Waals surface area contributed by atoms with Crippen LogP contribution >= 0.6 is 0 Å². The molecular weight excluding hydrogens is 321 g/mol. The number of hydrogen-bond donors (Lipinski definition) is 2. The highest BCUT2D eigenvalue weighted by molar-refractivity contribution is 5.92. The lowest BCUT2D eigenvalue weighted by Gasteiger charge is -2.23. The molecule has 1 aromatic heterocycles. The average Bonchev–Trinajstić information content (AvgIpc) is 2.51. The van der Waals surface area contributed by atoms with E-state index in [0.717, 1.165) is 12.1 Å². The summed E-state index contributed by atoms with van der Waals surface area (Å²) in [5.41, 5.74) is -0.789. The molecule has 0 saturated heterocycles. The Kier molecular flexibility index (Phi) is 5.11. The van der Waals surface area contributed by atoms with Gasteiger partial charge in [-0.25, -0.2) is 0 Å². The van der Waals surface area contributed by atoms with Crippen molar-refractivity contribution in [1.82, 2.24) is 10.3 Å². The smallest absolute Gasteiger partial charge is 0.344 e. The molecule has 0 bridgehead atoms. The summed E-state index contributed by atoms with van der Waals surface area (Å²) in [4.78, 5) is 25.9. The molecule has 0 aliphatic carbocycles. The molecule has 1 amide bonds. The van der Waals surface area contributed by atoms with Crippen molar-refractivity contribution in [2.24, 2.45) is 5.92 Å². The van der Waals surface area contributed by atoms with Crippen LogP contribution in [0.2, 0.25) is 0 Å². The number of carbonyl (C=O) groups is 1. The monoisotopic (exact) mass is 338 g/mol. The molecule has 1 heterocycles. The zero-order chi connectivity index (χ0) is 17.9. The maximum atomic E-state index is 12.9. The van der Waals surface area contributed by atoms with E-state index in [0.29, 0.717) is 5.56 Å². The number of aromatic nitrogens is 1.